The van der Waals surface area contributed by atoms with Crippen molar-refractivity contribution in [3.8, 4) is 0 Å². The first-order valence-corrected chi connectivity index (χ1v) is 7.69. The first kappa shape index (κ1) is 17.5. The van der Waals surface area contributed by atoms with E-state index in [0.29, 0.717) is 23.1 Å². The summed E-state index contributed by atoms with van der Waals surface area (Å²) in [6.07, 6.45) is 6.22. The molecule has 0 radical (unpaired) electrons. The summed E-state index contributed by atoms with van der Waals surface area (Å²) >= 11 is 0. The lowest BCUT2D eigenvalue weighted by Crippen LogP contribution is -2.22. The molecule has 2 rings (SSSR count). The summed E-state index contributed by atoms with van der Waals surface area (Å²) in [5, 5.41) is 0. The number of nitrogens with zero attached hydrogens (tertiary/aromatic N) is 1. The molecule has 5 heteroatoms. The quantitative estimate of drug-likeness (QED) is 0.472. The molecule has 0 atom stereocenters. The second-order valence-corrected chi connectivity index (χ2v) is 5.42. The fourth-order valence-electron chi connectivity index (χ4n) is 2.49. The van der Waals surface area contributed by atoms with Crippen LogP contribution in [0.1, 0.15) is 26.3 Å². The van der Waals surface area contributed by atoms with Crippen LogP contribution in [-0.2, 0) is 25.5 Å². The van der Waals surface area contributed by atoms with Gasteiger partial charge in [0.2, 0.25) is 0 Å². The van der Waals surface area contributed by atoms with E-state index in [-0.39, 0.29) is 23.7 Å². The Balaban J connectivity index is 2.29. The van der Waals surface area contributed by atoms with E-state index >= 15 is 0 Å². The van der Waals surface area contributed by atoms with Gasteiger partial charge >= 0.3 is 5.97 Å². The number of carbonyl (C=O) groups is 3. The largest absolute Gasteiger partial charge is 0.463 e. The molecule has 0 bridgehead atoms. The molecule has 1 aromatic heterocycles. The van der Waals surface area contributed by atoms with Crippen LogP contribution in [0.25, 0.3) is 0 Å². The zero-order chi connectivity index (χ0) is 17.7. The molecule has 5 nitrogen and oxygen atoms in total. The van der Waals surface area contributed by atoms with E-state index in [4.69, 9.17) is 4.74 Å². The summed E-state index contributed by atoms with van der Waals surface area (Å²) in [6, 6.07) is 3.65. The van der Waals surface area contributed by atoms with Gasteiger partial charge in [-0.2, -0.15) is 0 Å². The standard InChI is InChI=1S/C19H19NO4/c1-4-24-17(21)8-7-15-12(2)19(23)16(13(3)18(15)22)10-14-6-5-9-20-11-14/h5-9,11H,4,10H2,1-3H3/b8-7+. The number of carbonyl (C=O) groups excluding carboxylic acids is 3. The summed E-state index contributed by atoms with van der Waals surface area (Å²) in [4.78, 5) is 40.6. The minimum atomic E-state index is -0.541. The monoisotopic (exact) mass is 325 g/mol. The predicted octanol–water partition coefficient (Wildman–Crippen LogP) is 2.53. The van der Waals surface area contributed by atoms with Crippen molar-refractivity contribution in [3.05, 3.63) is 64.5 Å². The molecular formula is C19H19NO4. The van der Waals surface area contributed by atoms with Gasteiger partial charge in [-0.3, -0.25) is 14.6 Å². The van der Waals surface area contributed by atoms with Crippen molar-refractivity contribution in [1.29, 1.82) is 0 Å². The van der Waals surface area contributed by atoms with Gasteiger partial charge in [-0.15, -0.1) is 0 Å². The number of hydrogen-bond acceptors (Lipinski definition) is 5. The molecule has 1 aliphatic carbocycles. The highest BCUT2D eigenvalue weighted by Gasteiger charge is 2.28. The molecule has 1 heterocycles. The lowest BCUT2D eigenvalue weighted by Gasteiger charge is -2.19. The third-order valence-electron chi connectivity index (χ3n) is 3.83. The van der Waals surface area contributed by atoms with Crippen molar-refractivity contribution >= 4 is 17.5 Å². The van der Waals surface area contributed by atoms with Crippen LogP contribution in [-0.4, -0.2) is 29.1 Å². The van der Waals surface area contributed by atoms with Gasteiger partial charge < -0.3 is 4.74 Å². The molecule has 0 aliphatic heterocycles. The van der Waals surface area contributed by atoms with Gasteiger partial charge in [0, 0.05) is 47.2 Å². The van der Waals surface area contributed by atoms with Crippen LogP contribution in [0.3, 0.4) is 0 Å². The topological polar surface area (TPSA) is 73.3 Å². The van der Waals surface area contributed by atoms with Gasteiger partial charge in [0.15, 0.2) is 11.6 Å². The highest BCUT2D eigenvalue weighted by molar-refractivity contribution is 6.26. The van der Waals surface area contributed by atoms with Crippen molar-refractivity contribution in [2.45, 2.75) is 27.2 Å². The van der Waals surface area contributed by atoms with Crippen molar-refractivity contribution in [1.82, 2.24) is 4.98 Å². The number of esters is 1. The van der Waals surface area contributed by atoms with Gasteiger partial charge in [-0.05, 0) is 38.5 Å². The number of aromatic nitrogens is 1. The lowest BCUT2D eigenvalue weighted by molar-refractivity contribution is -0.137. The van der Waals surface area contributed by atoms with Crippen LogP contribution >= 0.6 is 0 Å². The van der Waals surface area contributed by atoms with Crippen LogP contribution in [0.15, 0.2) is 59.0 Å². The van der Waals surface area contributed by atoms with E-state index in [1.165, 1.54) is 12.2 Å². The molecular weight excluding hydrogens is 306 g/mol. The second kappa shape index (κ2) is 7.64. The van der Waals surface area contributed by atoms with Gasteiger partial charge in [-0.25, -0.2) is 4.79 Å². The van der Waals surface area contributed by atoms with E-state index in [9.17, 15) is 14.4 Å². The second-order valence-electron chi connectivity index (χ2n) is 5.42. The molecule has 0 N–H and O–H groups in total. The van der Waals surface area contributed by atoms with Crippen LogP contribution in [0.4, 0.5) is 0 Å². The van der Waals surface area contributed by atoms with E-state index < -0.39 is 5.97 Å². The van der Waals surface area contributed by atoms with Crippen molar-refractivity contribution in [2.75, 3.05) is 6.61 Å². The number of pyridine rings is 1. The number of hydrogen-bond donors (Lipinski definition) is 0. The minimum Gasteiger partial charge on any atom is -0.463 e. The first-order chi connectivity index (χ1) is 11.5. The highest BCUT2D eigenvalue weighted by Crippen LogP contribution is 2.27. The van der Waals surface area contributed by atoms with Gasteiger partial charge in [0.25, 0.3) is 0 Å². The molecule has 0 fully saturated rings. The number of allylic oxidation sites excluding steroid dienone is 5. The van der Waals surface area contributed by atoms with Gasteiger partial charge in [0.05, 0.1) is 6.61 Å². The first-order valence-electron chi connectivity index (χ1n) is 7.69. The highest BCUT2D eigenvalue weighted by atomic mass is 16.5. The molecule has 0 saturated carbocycles. The fourth-order valence-corrected chi connectivity index (χ4v) is 2.49. The van der Waals surface area contributed by atoms with E-state index in [0.717, 1.165) is 5.56 Å². The Kier molecular flexibility index (Phi) is 5.58. The predicted molar refractivity (Wildman–Crippen MR) is 89.1 cm³/mol. The lowest BCUT2D eigenvalue weighted by atomic mass is 9.83. The van der Waals surface area contributed by atoms with Gasteiger partial charge in [0.1, 0.15) is 0 Å². The summed E-state index contributed by atoms with van der Waals surface area (Å²) < 4.78 is 4.79. The summed E-state index contributed by atoms with van der Waals surface area (Å²) in [5.74, 6) is -0.966. The molecule has 0 unspecified atom stereocenters. The van der Waals surface area contributed by atoms with Gasteiger partial charge in [-0.1, -0.05) is 6.07 Å². The number of ketones is 2. The fraction of sp³-hybridized carbons (Fsp3) is 0.263. The molecule has 1 aliphatic rings. The van der Waals surface area contributed by atoms with E-state index in [2.05, 4.69) is 4.98 Å². The summed E-state index contributed by atoms with van der Waals surface area (Å²) in [6.45, 7) is 5.18. The van der Waals surface area contributed by atoms with Crippen molar-refractivity contribution in [3.63, 3.8) is 0 Å². The normalized spacial score (nSPS) is 15.5. The average Bonchev–Trinajstić information content (AvgIpc) is 2.58. The van der Waals surface area contributed by atoms with E-state index in [1.807, 2.05) is 6.07 Å². The maximum Gasteiger partial charge on any atom is 0.330 e. The third-order valence-corrected chi connectivity index (χ3v) is 3.83. The van der Waals surface area contributed by atoms with Crippen LogP contribution < -0.4 is 0 Å². The average molecular weight is 325 g/mol. The minimum absolute atomic E-state index is 0.181. The molecule has 0 aromatic carbocycles. The number of rotatable bonds is 5. The number of ether oxygens (including phenoxy) is 1. The molecule has 1 aromatic rings. The molecule has 124 valence electrons. The van der Waals surface area contributed by atoms with E-state index in [1.54, 1.807) is 39.2 Å². The Morgan fingerprint density at radius 2 is 1.96 bits per heavy atom. The zero-order valence-electron chi connectivity index (χ0n) is 14.0. The summed E-state index contributed by atoms with van der Waals surface area (Å²) in [5.41, 5.74) is 2.31. The Hall–Kier alpha value is -2.82. The molecule has 0 saturated heterocycles. The Morgan fingerprint density at radius 3 is 2.58 bits per heavy atom. The van der Waals surface area contributed by atoms with Crippen molar-refractivity contribution < 1.29 is 19.1 Å². The maximum atomic E-state index is 12.6. The SMILES string of the molecule is CCOC(=O)/C=C/C1=C(C)C(=O)C(Cc2cccnc2)=C(C)C1=O. The third kappa shape index (κ3) is 3.74. The van der Waals surface area contributed by atoms with Crippen LogP contribution in [0, 0.1) is 0 Å². The molecule has 24 heavy (non-hydrogen) atoms. The molecule has 0 amide bonds. The van der Waals surface area contributed by atoms with Crippen LogP contribution in [0.5, 0.6) is 0 Å². The van der Waals surface area contributed by atoms with Crippen molar-refractivity contribution in [2.24, 2.45) is 0 Å². The number of Topliss-reactive ketones (excluding diaryl/α,β-unsaturated/α-hetero) is 2. The zero-order valence-corrected chi connectivity index (χ0v) is 14.0. The Morgan fingerprint density at radius 1 is 1.21 bits per heavy atom. The smallest absolute Gasteiger partial charge is 0.330 e. The summed E-state index contributed by atoms with van der Waals surface area (Å²) in [7, 11) is 0. The Labute approximate surface area is 140 Å². The van der Waals surface area contributed by atoms with Crippen LogP contribution in [0.2, 0.25) is 0 Å². The Bertz CT molecular complexity index is 770. The molecule has 0 spiro atoms. The maximum absolute atomic E-state index is 12.6.